The zero-order chi connectivity index (χ0) is 17.6. The third-order valence-corrected chi connectivity index (χ3v) is 5.91. The van der Waals surface area contributed by atoms with Gasteiger partial charge >= 0.3 is 0 Å². The van der Waals surface area contributed by atoms with E-state index in [1.54, 1.807) is 0 Å². The van der Waals surface area contributed by atoms with Crippen molar-refractivity contribution in [3.63, 3.8) is 0 Å². The number of benzene rings is 1. The minimum Gasteiger partial charge on any atom is -0.366 e. The summed E-state index contributed by atoms with van der Waals surface area (Å²) in [6, 6.07) is 11.1. The van der Waals surface area contributed by atoms with Crippen LogP contribution in [0.3, 0.4) is 0 Å². The molecule has 0 bridgehead atoms. The maximum atomic E-state index is 11.8. The highest BCUT2D eigenvalue weighted by Gasteiger charge is 2.36. The molecular weight excluding hydrogens is 310 g/mol. The Hall–Kier alpha value is -2.07. The first-order valence-electron chi connectivity index (χ1n) is 9.31. The molecule has 0 unspecified atom stereocenters. The first-order chi connectivity index (χ1) is 12.0. The summed E-state index contributed by atoms with van der Waals surface area (Å²) < 4.78 is 2.31. The predicted molar refractivity (Wildman–Crippen MR) is 99.6 cm³/mol. The van der Waals surface area contributed by atoms with Crippen LogP contribution in [0.5, 0.6) is 0 Å². The number of carbonyl (C=O) groups excluding carboxylic acids is 1. The molecule has 4 heteroatoms. The van der Waals surface area contributed by atoms with Crippen molar-refractivity contribution in [1.29, 1.82) is 0 Å². The Morgan fingerprint density at radius 2 is 2.12 bits per heavy atom. The van der Waals surface area contributed by atoms with E-state index in [2.05, 4.69) is 48.0 Å². The lowest BCUT2D eigenvalue weighted by Gasteiger charge is -2.21. The van der Waals surface area contributed by atoms with E-state index in [1.807, 2.05) is 6.07 Å². The van der Waals surface area contributed by atoms with Gasteiger partial charge in [-0.05, 0) is 48.3 Å². The van der Waals surface area contributed by atoms with Gasteiger partial charge in [-0.2, -0.15) is 0 Å². The number of nitrogens with one attached hydrogen (secondary N) is 1. The number of nitrogens with two attached hydrogens (primary N) is 1. The molecule has 3 N–H and O–H groups in total. The maximum Gasteiger partial charge on any atom is 0.250 e. The summed E-state index contributed by atoms with van der Waals surface area (Å²) in [4.78, 5) is 11.8. The van der Waals surface area contributed by atoms with E-state index in [0.717, 1.165) is 38.0 Å². The van der Waals surface area contributed by atoms with E-state index in [-0.39, 0.29) is 11.3 Å². The molecule has 2 heterocycles. The smallest absolute Gasteiger partial charge is 0.250 e. The number of hydrogen-bond donors (Lipinski definition) is 2. The van der Waals surface area contributed by atoms with Gasteiger partial charge in [0.15, 0.2) is 0 Å². The number of carbonyl (C=O) groups is 1. The summed E-state index contributed by atoms with van der Waals surface area (Å²) in [6.07, 6.45) is 4.37. The summed E-state index contributed by atoms with van der Waals surface area (Å²) in [6.45, 7) is 6.40. The summed E-state index contributed by atoms with van der Waals surface area (Å²) in [5.74, 6) is -0.302. The third-order valence-electron chi connectivity index (χ3n) is 5.91. The van der Waals surface area contributed by atoms with Crippen molar-refractivity contribution in [1.82, 2.24) is 9.88 Å². The molecule has 4 nitrogen and oxygen atoms in total. The van der Waals surface area contributed by atoms with Crippen LogP contribution in [0, 0.1) is 0 Å². The van der Waals surface area contributed by atoms with Gasteiger partial charge in [-0.1, -0.05) is 38.1 Å². The van der Waals surface area contributed by atoms with Crippen LogP contribution >= 0.6 is 0 Å². The highest BCUT2D eigenvalue weighted by atomic mass is 16.1. The van der Waals surface area contributed by atoms with Crippen LogP contribution in [0.15, 0.2) is 30.3 Å². The fraction of sp³-hybridized carbons (Fsp3) is 0.476. The summed E-state index contributed by atoms with van der Waals surface area (Å²) in [5.41, 5.74) is 11.7. The molecule has 25 heavy (non-hydrogen) atoms. The minimum atomic E-state index is -0.302. The van der Waals surface area contributed by atoms with Crippen LogP contribution < -0.4 is 11.1 Å². The number of primary amides is 1. The Kier molecular flexibility index (Phi) is 3.95. The number of aromatic nitrogens is 1. The Labute approximate surface area is 149 Å². The van der Waals surface area contributed by atoms with E-state index in [1.165, 1.54) is 23.2 Å². The molecule has 1 aliphatic heterocycles. The molecule has 1 aromatic heterocycles. The van der Waals surface area contributed by atoms with E-state index in [9.17, 15) is 4.79 Å². The largest absolute Gasteiger partial charge is 0.366 e. The third kappa shape index (κ3) is 2.78. The molecular formula is C21H27N3O. The topological polar surface area (TPSA) is 60.0 Å². The van der Waals surface area contributed by atoms with Crippen LogP contribution in [0.4, 0.5) is 0 Å². The van der Waals surface area contributed by atoms with Gasteiger partial charge in [-0.25, -0.2) is 0 Å². The van der Waals surface area contributed by atoms with Crippen molar-refractivity contribution in [2.24, 2.45) is 5.73 Å². The number of rotatable bonds is 4. The summed E-state index contributed by atoms with van der Waals surface area (Å²) in [5, 5.41) is 3.74. The lowest BCUT2D eigenvalue weighted by atomic mass is 9.86. The second-order valence-electron chi connectivity index (χ2n) is 8.08. The maximum absolute atomic E-state index is 11.8. The molecule has 2 aromatic rings. The van der Waals surface area contributed by atoms with Gasteiger partial charge in [0, 0.05) is 30.5 Å². The van der Waals surface area contributed by atoms with E-state index in [4.69, 9.17) is 5.73 Å². The standard InChI is InChI=1S/C21H27N3O/c1-21(2)12-18(15-7-3-4-8-17(15)21)23-13-14-11-16(20(22)25)19-9-5-6-10-24(14)19/h3-4,7-8,11,18,23H,5-6,9-10,12-13H2,1-2H3,(H2,22,25)/t18-/m0/s1. The van der Waals surface area contributed by atoms with Crippen molar-refractivity contribution in [2.75, 3.05) is 0 Å². The Balaban J connectivity index is 1.58. The van der Waals surface area contributed by atoms with Crippen LogP contribution in [0.1, 0.15) is 72.0 Å². The zero-order valence-electron chi connectivity index (χ0n) is 15.1. The van der Waals surface area contributed by atoms with Gasteiger partial charge in [-0.15, -0.1) is 0 Å². The normalized spacial score (nSPS) is 21.0. The van der Waals surface area contributed by atoms with Crippen molar-refractivity contribution in [3.05, 3.63) is 58.4 Å². The zero-order valence-corrected chi connectivity index (χ0v) is 15.1. The minimum absolute atomic E-state index is 0.200. The Bertz CT molecular complexity index is 819. The highest BCUT2D eigenvalue weighted by Crippen LogP contribution is 2.44. The van der Waals surface area contributed by atoms with E-state index < -0.39 is 0 Å². The number of fused-ring (bicyclic) bond motifs is 2. The van der Waals surface area contributed by atoms with Gasteiger partial charge in [0.25, 0.3) is 5.91 Å². The number of amides is 1. The summed E-state index contributed by atoms with van der Waals surface area (Å²) in [7, 11) is 0. The first-order valence-corrected chi connectivity index (χ1v) is 9.31. The van der Waals surface area contributed by atoms with Crippen LogP contribution in [-0.2, 0) is 24.9 Å². The molecule has 0 spiro atoms. The van der Waals surface area contributed by atoms with Gasteiger partial charge < -0.3 is 15.6 Å². The molecule has 0 saturated heterocycles. The predicted octanol–water partition coefficient (Wildman–Crippen LogP) is 3.44. The van der Waals surface area contributed by atoms with E-state index in [0.29, 0.717) is 11.6 Å². The van der Waals surface area contributed by atoms with E-state index >= 15 is 0 Å². The SMILES string of the molecule is CC1(C)C[C@H](NCc2cc(C(N)=O)c3n2CCCC3)c2ccccc21. The van der Waals surface area contributed by atoms with Crippen LogP contribution in [0.2, 0.25) is 0 Å². The summed E-state index contributed by atoms with van der Waals surface area (Å²) >= 11 is 0. The monoisotopic (exact) mass is 337 g/mol. The van der Waals surface area contributed by atoms with Crippen molar-refractivity contribution >= 4 is 5.91 Å². The van der Waals surface area contributed by atoms with Crippen LogP contribution in [-0.4, -0.2) is 10.5 Å². The molecule has 1 amide bonds. The molecule has 1 aromatic carbocycles. The lowest BCUT2D eigenvalue weighted by molar-refractivity contribution is 0.0999. The molecule has 1 atom stereocenters. The van der Waals surface area contributed by atoms with Crippen molar-refractivity contribution in [2.45, 2.75) is 64.1 Å². The Morgan fingerprint density at radius 3 is 2.92 bits per heavy atom. The second-order valence-corrected chi connectivity index (χ2v) is 8.08. The lowest BCUT2D eigenvalue weighted by Crippen LogP contribution is -2.23. The van der Waals surface area contributed by atoms with Crippen molar-refractivity contribution < 1.29 is 4.79 Å². The fourth-order valence-electron chi connectivity index (χ4n) is 4.67. The van der Waals surface area contributed by atoms with Crippen molar-refractivity contribution in [3.8, 4) is 0 Å². The number of hydrogen-bond acceptors (Lipinski definition) is 2. The average molecular weight is 337 g/mol. The van der Waals surface area contributed by atoms with Gasteiger partial charge in [0.1, 0.15) is 0 Å². The molecule has 0 fully saturated rings. The molecule has 132 valence electrons. The van der Waals surface area contributed by atoms with Gasteiger partial charge in [0.05, 0.1) is 5.56 Å². The van der Waals surface area contributed by atoms with Gasteiger partial charge in [0.2, 0.25) is 0 Å². The van der Waals surface area contributed by atoms with Crippen LogP contribution in [0.25, 0.3) is 0 Å². The molecule has 1 aliphatic carbocycles. The number of nitrogens with zero attached hydrogens (tertiary/aromatic N) is 1. The molecule has 0 radical (unpaired) electrons. The molecule has 4 rings (SSSR count). The fourth-order valence-corrected chi connectivity index (χ4v) is 4.67. The highest BCUT2D eigenvalue weighted by molar-refractivity contribution is 5.94. The quantitative estimate of drug-likeness (QED) is 0.898. The second kappa shape index (κ2) is 6.03. The Morgan fingerprint density at radius 1 is 1.32 bits per heavy atom. The first kappa shape index (κ1) is 16.4. The average Bonchev–Trinajstić information content (AvgIpc) is 3.09. The molecule has 0 saturated carbocycles. The molecule has 2 aliphatic rings. The van der Waals surface area contributed by atoms with Gasteiger partial charge in [-0.3, -0.25) is 4.79 Å².